The third-order valence-corrected chi connectivity index (χ3v) is 5.02. The minimum absolute atomic E-state index is 0.0261. The van der Waals surface area contributed by atoms with Crippen molar-refractivity contribution in [3.63, 3.8) is 0 Å². The van der Waals surface area contributed by atoms with Gasteiger partial charge in [0, 0.05) is 26.0 Å². The van der Waals surface area contributed by atoms with Gasteiger partial charge in [-0.2, -0.15) is 0 Å². The third kappa shape index (κ3) is 2.71. The number of amides is 1. The van der Waals surface area contributed by atoms with Gasteiger partial charge in [-0.15, -0.1) is 0 Å². The number of hydrogen-bond donors (Lipinski definition) is 0. The summed E-state index contributed by atoms with van der Waals surface area (Å²) in [6, 6.07) is 0. The van der Waals surface area contributed by atoms with E-state index in [9.17, 15) is 4.79 Å². The Hall–Kier alpha value is -1.36. The molecule has 0 bridgehead atoms. The summed E-state index contributed by atoms with van der Waals surface area (Å²) in [5, 5.41) is 0. The number of hydrogen-bond acceptors (Lipinski definition) is 3. The minimum atomic E-state index is -0.117. The van der Waals surface area contributed by atoms with Crippen LogP contribution < -0.4 is 0 Å². The van der Waals surface area contributed by atoms with Crippen LogP contribution in [0, 0.1) is 11.8 Å². The molecule has 0 N–H and O–H groups in total. The summed E-state index contributed by atoms with van der Waals surface area (Å²) in [5.74, 6) is 1.81. The van der Waals surface area contributed by atoms with Crippen molar-refractivity contribution in [2.24, 2.45) is 18.9 Å². The molecule has 2 aliphatic rings. The predicted octanol–water partition coefficient (Wildman–Crippen LogP) is 2.09. The number of imidazole rings is 1. The summed E-state index contributed by atoms with van der Waals surface area (Å²) in [5.41, 5.74) is -0.117. The second kappa shape index (κ2) is 5.44. The lowest BCUT2D eigenvalue weighted by Crippen LogP contribution is -2.50. The number of nitrogens with zero attached hydrogens (tertiary/aromatic N) is 3. The van der Waals surface area contributed by atoms with Gasteiger partial charge in [-0.1, -0.05) is 13.8 Å². The van der Waals surface area contributed by atoms with Crippen LogP contribution >= 0.6 is 0 Å². The number of carbonyl (C=O) groups excluding carboxylic acids is 1. The standard InChI is InChI=1S/C16H25N3O2/c1-12(2)13-9-16(21-10-13)5-4-7-19(11-16)15(20)14-17-6-8-18(14)3/h6,8,12-13H,4-5,7,9-11H2,1-3H3. The zero-order valence-electron chi connectivity index (χ0n) is 13.2. The Balaban J connectivity index is 1.72. The average Bonchev–Trinajstić information content (AvgIpc) is 3.05. The van der Waals surface area contributed by atoms with Crippen LogP contribution in [-0.2, 0) is 11.8 Å². The first-order chi connectivity index (χ1) is 10.0. The lowest BCUT2D eigenvalue weighted by Gasteiger charge is -2.39. The van der Waals surface area contributed by atoms with Gasteiger partial charge in [0.15, 0.2) is 5.82 Å². The van der Waals surface area contributed by atoms with Crippen LogP contribution in [0.2, 0.25) is 0 Å². The number of piperidine rings is 1. The van der Waals surface area contributed by atoms with Gasteiger partial charge in [0.05, 0.1) is 18.8 Å². The van der Waals surface area contributed by atoms with Crippen molar-refractivity contribution in [3.8, 4) is 0 Å². The Morgan fingerprint density at radius 2 is 2.33 bits per heavy atom. The van der Waals surface area contributed by atoms with Crippen molar-refractivity contribution in [1.82, 2.24) is 14.5 Å². The van der Waals surface area contributed by atoms with E-state index in [0.717, 1.165) is 32.4 Å². The van der Waals surface area contributed by atoms with Crippen LogP contribution in [0.25, 0.3) is 0 Å². The van der Waals surface area contributed by atoms with Crippen molar-refractivity contribution >= 4 is 5.91 Å². The molecule has 0 aliphatic carbocycles. The summed E-state index contributed by atoms with van der Waals surface area (Å²) in [7, 11) is 1.86. The fraction of sp³-hybridized carbons (Fsp3) is 0.750. The smallest absolute Gasteiger partial charge is 0.289 e. The van der Waals surface area contributed by atoms with Gasteiger partial charge in [-0.3, -0.25) is 4.79 Å². The second-order valence-electron chi connectivity index (χ2n) is 6.89. The van der Waals surface area contributed by atoms with Gasteiger partial charge in [-0.05, 0) is 31.1 Å². The van der Waals surface area contributed by atoms with Gasteiger partial charge in [0.1, 0.15) is 0 Å². The second-order valence-corrected chi connectivity index (χ2v) is 6.89. The first kappa shape index (κ1) is 14.6. The zero-order chi connectivity index (χ0) is 15.0. The van der Waals surface area contributed by atoms with Crippen LogP contribution in [0.15, 0.2) is 12.4 Å². The first-order valence-corrected chi connectivity index (χ1v) is 7.91. The maximum absolute atomic E-state index is 12.6. The van der Waals surface area contributed by atoms with Crippen LogP contribution in [0.1, 0.15) is 43.7 Å². The van der Waals surface area contributed by atoms with Gasteiger partial charge >= 0.3 is 0 Å². The number of rotatable bonds is 2. The number of likely N-dealkylation sites (tertiary alicyclic amines) is 1. The Labute approximate surface area is 126 Å². The van der Waals surface area contributed by atoms with Crippen molar-refractivity contribution in [2.45, 2.75) is 38.7 Å². The molecule has 5 nitrogen and oxygen atoms in total. The monoisotopic (exact) mass is 291 g/mol. The fourth-order valence-corrected chi connectivity index (χ4v) is 3.58. The molecule has 0 radical (unpaired) electrons. The van der Waals surface area contributed by atoms with E-state index < -0.39 is 0 Å². The molecule has 3 heterocycles. The fourth-order valence-electron chi connectivity index (χ4n) is 3.58. The molecule has 2 unspecified atom stereocenters. The molecule has 2 fully saturated rings. The number of aromatic nitrogens is 2. The molecular formula is C16H25N3O2. The minimum Gasteiger partial charge on any atom is -0.373 e. The van der Waals surface area contributed by atoms with E-state index >= 15 is 0 Å². The van der Waals surface area contributed by atoms with E-state index in [1.165, 1.54) is 0 Å². The molecule has 0 aromatic carbocycles. The van der Waals surface area contributed by atoms with Crippen molar-refractivity contribution in [3.05, 3.63) is 18.2 Å². The Morgan fingerprint density at radius 1 is 1.52 bits per heavy atom. The SMILES string of the molecule is CC(C)C1COC2(CCCN(C(=O)c3nccn3C)C2)C1. The van der Waals surface area contributed by atoms with E-state index in [0.29, 0.717) is 24.2 Å². The van der Waals surface area contributed by atoms with Crippen molar-refractivity contribution in [2.75, 3.05) is 19.7 Å². The van der Waals surface area contributed by atoms with E-state index in [1.807, 2.05) is 18.1 Å². The largest absolute Gasteiger partial charge is 0.373 e. The third-order valence-electron chi connectivity index (χ3n) is 5.02. The molecule has 5 heteroatoms. The predicted molar refractivity (Wildman–Crippen MR) is 80.0 cm³/mol. The molecule has 3 rings (SSSR count). The molecule has 21 heavy (non-hydrogen) atoms. The normalized spacial score (nSPS) is 29.5. The molecule has 1 spiro atoms. The summed E-state index contributed by atoms with van der Waals surface area (Å²) in [4.78, 5) is 18.7. The topological polar surface area (TPSA) is 47.4 Å². The van der Waals surface area contributed by atoms with Crippen LogP contribution in [0.5, 0.6) is 0 Å². The van der Waals surface area contributed by atoms with Crippen LogP contribution in [0.4, 0.5) is 0 Å². The van der Waals surface area contributed by atoms with Crippen LogP contribution in [0.3, 0.4) is 0 Å². The number of carbonyl (C=O) groups is 1. The van der Waals surface area contributed by atoms with Crippen molar-refractivity contribution in [1.29, 1.82) is 0 Å². The lowest BCUT2D eigenvalue weighted by molar-refractivity contribution is -0.0454. The summed E-state index contributed by atoms with van der Waals surface area (Å²) < 4.78 is 7.95. The average molecular weight is 291 g/mol. The molecule has 0 saturated carbocycles. The Kier molecular flexibility index (Phi) is 3.78. The van der Waals surface area contributed by atoms with Crippen LogP contribution in [-0.4, -0.2) is 45.7 Å². The Morgan fingerprint density at radius 3 is 2.95 bits per heavy atom. The molecule has 2 aliphatic heterocycles. The van der Waals surface area contributed by atoms with E-state index in [-0.39, 0.29) is 11.5 Å². The highest BCUT2D eigenvalue weighted by Gasteiger charge is 2.45. The molecular weight excluding hydrogens is 266 g/mol. The highest BCUT2D eigenvalue weighted by molar-refractivity contribution is 5.91. The highest BCUT2D eigenvalue weighted by atomic mass is 16.5. The number of aryl methyl sites for hydroxylation is 1. The summed E-state index contributed by atoms with van der Waals surface area (Å²) >= 11 is 0. The quantitative estimate of drug-likeness (QED) is 0.838. The maximum Gasteiger partial charge on any atom is 0.289 e. The highest BCUT2D eigenvalue weighted by Crippen LogP contribution is 2.40. The van der Waals surface area contributed by atoms with E-state index in [2.05, 4.69) is 18.8 Å². The van der Waals surface area contributed by atoms with E-state index in [1.54, 1.807) is 10.8 Å². The molecule has 1 aromatic rings. The molecule has 116 valence electrons. The molecule has 2 saturated heterocycles. The lowest BCUT2D eigenvalue weighted by atomic mass is 9.83. The van der Waals surface area contributed by atoms with Gasteiger partial charge in [0.25, 0.3) is 5.91 Å². The number of ether oxygens (including phenoxy) is 1. The summed E-state index contributed by atoms with van der Waals surface area (Å²) in [6.45, 7) is 6.87. The van der Waals surface area contributed by atoms with Gasteiger partial charge in [-0.25, -0.2) is 4.98 Å². The Bertz CT molecular complexity index is 525. The first-order valence-electron chi connectivity index (χ1n) is 7.91. The molecule has 1 amide bonds. The van der Waals surface area contributed by atoms with Gasteiger partial charge in [0.2, 0.25) is 0 Å². The molecule has 2 atom stereocenters. The summed E-state index contributed by atoms with van der Waals surface area (Å²) in [6.07, 6.45) is 6.65. The van der Waals surface area contributed by atoms with Crippen molar-refractivity contribution < 1.29 is 9.53 Å². The van der Waals surface area contributed by atoms with Gasteiger partial charge < -0.3 is 14.2 Å². The maximum atomic E-state index is 12.6. The molecule has 1 aromatic heterocycles. The van der Waals surface area contributed by atoms with E-state index in [4.69, 9.17) is 4.74 Å². The zero-order valence-corrected chi connectivity index (χ0v) is 13.2.